The van der Waals surface area contributed by atoms with Crippen LogP contribution in [0.2, 0.25) is 0 Å². The summed E-state index contributed by atoms with van der Waals surface area (Å²) in [7, 11) is -3.73. The Morgan fingerprint density at radius 3 is 2.35 bits per heavy atom. The van der Waals surface area contributed by atoms with E-state index in [-0.39, 0.29) is 29.7 Å². The van der Waals surface area contributed by atoms with Gasteiger partial charge in [-0.3, -0.25) is 9.59 Å². The van der Waals surface area contributed by atoms with Crippen molar-refractivity contribution < 1.29 is 22.4 Å². The average Bonchev–Trinajstić information content (AvgIpc) is 3.04. The summed E-state index contributed by atoms with van der Waals surface area (Å²) in [6.07, 6.45) is 1.36. The molecule has 0 aliphatic carbocycles. The van der Waals surface area contributed by atoms with E-state index in [2.05, 4.69) is 10.6 Å². The van der Waals surface area contributed by atoms with Crippen LogP contribution in [0.25, 0.3) is 0 Å². The van der Waals surface area contributed by atoms with Gasteiger partial charge in [0, 0.05) is 6.54 Å². The molecular formula is C14H15N3O5S. The Kier molecular flexibility index (Phi) is 5.14. The van der Waals surface area contributed by atoms with Gasteiger partial charge < -0.3 is 15.1 Å². The molecule has 4 N–H and O–H groups in total. The molecule has 9 heteroatoms. The second kappa shape index (κ2) is 7.07. The third-order valence-corrected chi connectivity index (χ3v) is 3.83. The lowest BCUT2D eigenvalue weighted by atomic mass is 10.2. The van der Waals surface area contributed by atoms with Crippen molar-refractivity contribution in [2.75, 3.05) is 6.54 Å². The number of carbonyl (C=O) groups is 2. The number of carbonyl (C=O) groups excluding carboxylic acids is 2. The van der Waals surface area contributed by atoms with Crippen LogP contribution in [0.4, 0.5) is 0 Å². The fourth-order valence-electron chi connectivity index (χ4n) is 1.72. The Hall–Kier alpha value is -2.65. The Balaban J connectivity index is 1.79. The van der Waals surface area contributed by atoms with E-state index in [1.807, 2.05) is 0 Å². The highest BCUT2D eigenvalue weighted by molar-refractivity contribution is 7.89. The summed E-state index contributed by atoms with van der Waals surface area (Å²) >= 11 is 0. The molecule has 2 rings (SSSR count). The summed E-state index contributed by atoms with van der Waals surface area (Å²) in [4.78, 5) is 23.2. The van der Waals surface area contributed by atoms with Crippen LogP contribution >= 0.6 is 0 Å². The van der Waals surface area contributed by atoms with Gasteiger partial charge in [-0.1, -0.05) is 12.1 Å². The molecule has 0 spiro atoms. The normalized spacial score (nSPS) is 11.0. The molecule has 0 saturated heterocycles. The van der Waals surface area contributed by atoms with Gasteiger partial charge >= 0.3 is 0 Å². The second-order valence-electron chi connectivity index (χ2n) is 4.63. The lowest BCUT2D eigenvalue weighted by Crippen LogP contribution is -2.36. The highest BCUT2D eigenvalue weighted by Gasteiger charge is 2.10. The summed E-state index contributed by atoms with van der Waals surface area (Å²) in [5.74, 6) is -0.750. The summed E-state index contributed by atoms with van der Waals surface area (Å²) in [5, 5.41) is 9.99. The molecule has 0 unspecified atom stereocenters. The number of nitrogens with one attached hydrogen (secondary N) is 2. The molecule has 2 amide bonds. The van der Waals surface area contributed by atoms with Crippen LogP contribution in [0, 0.1) is 0 Å². The van der Waals surface area contributed by atoms with Crippen LogP contribution in [0.15, 0.2) is 52.0 Å². The molecular weight excluding hydrogens is 322 g/mol. The van der Waals surface area contributed by atoms with E-state index >= 15 is 0 Å². The SMILES string of the molecule is NS(=O)(=O)c1ccc(CNC(=O)CNC(=O)c2ccco2)cc1. The number of rotatable bonds is 6. The van der Waals surface area contributed by atoms with Gasteiger partial charge in [0.25, 0.3) is 5.91 Å². The molecule has 0 fully saturated rings. The van der Waals surface area contributed by atoms with Gasteiger partial charge in [0.2, 0.25) is 15.9 Å². The first kappa shape index (κ1) is 16.7. The Labute approximate surface area is 132 Å². The minimum atomic E-state index is -3.73. The largest absolute Gasteiger partial charge is 0.459 e. The summed E-state index contributed by atoms with van der Waals surface area (Å²) in [6.45, 7) is -0.00481. The minimum absolute atomic E-state index is 0.00159. The van der Waals surface area contributed by atoms with Crippen molar-refractivity contribution in [1.82, 2.24) is 10.6 Å². The molecule has 1 aromatic carbocycles. The maximum atomic E-state index is 11.6. The third kappa shape index (κ3) is 4.94. The zero-order valence-corrected chi connectivity index (χ0v) is 12.8. The van der Waals surface area contributed by atoms with E-state index in [1.54, 1.807) is 18.2 Å². The highest BCUT2D eigenvalue weighted by Crippen LogP contribution is 2.08. The predicted octanol–water partition coefficient (Wildman–Crippen LogP) is -0.0268. The van der Waals surface area contributed by atoms with Gasteiger partial charge in [0.15, 0.2) is 5.76 Å². The van der Waals surface area contributed by atoms with Gasteiger partial charge in [-0.25, -0.2) is 13.6 Å². The van der Waals surface area contributed by atoms with Crippen molar-refractivity contribution in [3.05, 3.63) is 54.0 Å². The van der Waals surface area contributed by atoms with Gasteiger partial charge in [-0.2, -0.15) is 0 Å². The maximum Gasteiger partial charge on any atom is 0.287 e. The van der Waals surface area contributed by atoms with E-state index in [0.29, 0.717) is 5.56 Å². The summed E-state index contributed by atoms with van der Waals surface area (Å²) in [6, 6.07) is 8.86. The van der Waals surface area contributed by atoms with Crippen LogP contribution in [0.1, 0.15) is 16.1 Å². The fraction of sp³-hybridized carbons (Fsp3) is 0.143. The molecule has 23 heavy (non-hydrogen) atoms. The fourth-order valence-corrected chi connectivity index (χ4v) is 2.23. The Morgan fingerprint density at radius 1 is 1.09 bits per heavy atom. The lowest BCUT2D eigenvalue weighted by molar-refractivity contribution is -0.120. The number of benzene rings is 1. The highest BCUT2D eigenvalue weighted by atomic mass is 32.2. The van der Waals surface area contributed by atoms with Crippen LogP contribution < -0.4 is 15.8 Å². The van der Waals surface area contributed by atoms with Crippen LogP contribution in [0.3, 0.4) is 0 Å². The first-order valence-electron chi connectivity index (χ1n) is 6.56. The molecule has 1 aromatic heterocycles. The quantitative estimate of drug-likeness (QED) is 0.681. The van der Waals surface area contributed by atoms with E-state index < -0.39 is 15.9 Å². The van der Waals surface area contributed by atoms with Crippen LogP contribution in [-0.2, 0) is 21.4 Å². The number of hydrogen-bond donors (Lipinski definition) is 3. The van der Waals surface area contributed by atoms with Crippen LogP contribution in [0.5, 0.6) is 0 Å². The van der Waals surface area contributed by atoms with Crippen molar-refractivity contribution in [3.8, 4) is 0 Å². The van der Waals surface area contributed by atoms with Crippen LogP contribution in [-0.4, -0.2) is 26.8 Å². The zero-order chi connectivity index (χ0) is 16.9. The number of sulfonamides is 1. The van der Waals surface area contributed by atoms with E-state index in [9.17, 15) is 18.0 Å². The van der Waals surface area contributed by atoms with Gasteiger partial charge in [-0.15, -0.1) is 0 Å². The second-order valence-corrected chi connectivity index (χ2v) is 6.19. The first-order valence-corrected chi connectivity index (χ1v) is 8.11. The van der Waals surface area contributed by atoms with Crippen molar-refractivity contribution in [2.45, 2.75) is 11.4 Å². The third-order valence-electron chi connectivity index (χ3n) is 2.90. The van der Waals surface area contributed by atoms with E-state index in [0.717, 1.165) is 0 Å². The zero-order valence-electron chi connectivity index (χ0n) is 12.0. The molecule has 0 atom stereocenters. The molecule has 0 aliphatic heterocycles. The standard InChI is InChI=1S/C14H15N3O5S/c15-23(20,21)11-5-3-10(4-6-11)8-16-13(18)9-17-14(19)12-2-1-7-22-12/h1-7H,8-9H2,(H,16,18)(H,17,19)(H2,15,20,21). The summed E-state index contributed by atoms with van der Waals surface area (Å²) in [5.41, 5.74) is 0.697. The Morgan fingerprint density at radius 2 is 1.78 bits per heavy atom. The predicted molar refractivity (Wildman–Crippen MR) is 80.7 cm³/mol. The van der Waals surface area contributed by atoms with Crippen molar-refractivity contribution in [1.29, 1.82) is 0 Å². The molecule has 8 nitrogen and oxygen atoms in total. The van der Waals surface area contributed by atoms with Gasteiger partial charge in [-0.05, 0) is 29.8 Å². The smallest absolute Gasteiger partial charge is 0.287 e. The summed E-state index contributed by atoms with van der Waals surface area (Å²) < 4.78 is 27.1. The van der Waals surface area contributed by atoms with Gasteiger partial charge in [0.05, 0.1) is 17.7 Å². The molecule has 1 heterocycles. The number of amides is 2. The molecule has 0 aliphatic rings. The monoisotopic (exact) mass is 337 g/mol. The minimum Gasteiger partial charge on any atom is -0.459 e. The number of nitrogens with two attached hydrogens (primary N) is 1. The van der Waals surface area contributed by atoms with Gasteiger partial charge in [0.1, 0.15) is 0 Å². The number of primary sulfonamides is 1. The Bertz CT molecular complexity index is 782. The molecule has 122 valence electrons. The van der Waals surface area contributed by atoms with Crippen molar-refractivity contribution in [2.24, 2.45) is 5.14 Å². The molecule has 0 radical (unpaired) electrons. The number of furan rings is 1. The van der Waals surface area contributed by atoms with E-state index in [1.165, 1.54) is 24.5 Å². The molecule has 2 aromatic rings. The average molecular weight is 337 g/mol. The number of hydrogen-bond acceptors (Lipinski definition) is 5. The molecule has 0 bridgehead atoms. The first-order chi connectivity index (χ1) is 10.9. The molecule has 0 saturated carbocycles. The topological polar surface area (TPSA) is 132 Å². The van der Waals surface area contributed by atoms with Crippen molar-refractivity contribution >= 4 is 21.8 Å². The lowest BCUT2D eigenvalue weighted by Gasteiger charge is -2.07. The van der Waals surface area contributed by atoms with E-state index in [4.69, 9.17) is 9.56 Å². The van der Waals surface area contributed by atoms with Crippen molar-refractivity contribution in [3.63, 3.8) is 0 Å². The maximum absolute atomic E-state index is 11.6.